The van der Waals surface area contributed by atoms with Crippen molar-refractivity contribution in [2.75, 3.05) is 18.5 Å². The zero-order valence-electron chi connectivity index (χ0n) is 14.2. The van der Waals surface area contributed by atoms with Gasteiger partial charge < -0.3 is 15.0 Å². The van der Waals surface area contributed by atoms with Crippen LogP contribution < -0.4 is 5.32 Å². The number of nitrogens with zero attached hydrogens (tertiary/aromatic N) is 2. The summed E-state index contributed by atoms with van der Waals surface area (Å²) in [6, 6.07) is 11.7. The summed E-state index contributed by atoms with van der Waals surface area (Å²) in [5, 5.41) is 4.74. The molecule has 2 aromatic rings. The number of aryl methyl sites for hydroxylation is 1. The van der Waals surface area contributed by atoms with E-state index < -0.39 is 0 Å². The van der Waals surface area contributed by atoms with E-state index in [1.165, 1.54) is 0 Å². The van der Waals surface area contributed by atoms with Crippen molar-refractivity contribution in [3.05, 3.63) is 58.9 Å². The molecule has 2 heterocycles. The van der Waals surface area contributed by atoms with Gasteiger partial charge in [0.2, 0.25) is 0 Å². The molecule has 0 unspecified atom stereocenters. The Labute approximate surface area is 159 Å². The van der Waals surface area contributed by atoms with Gasteiger partial charge in [0.15, 0.2) is 5.11 Å². The number of hydrogen-bond donors (Lipinski definition) is 1. The normalized spacial score (nSPS) is 16.6. The maximum absolute atomic E-state index is 6.10. The molecule has 1 saturated heterocycles. The van der Waals surface area contributed by atoms with Crippen molar-refractivity contribution >= 4 is 34.6 Å². The maximum Gasteiger partial charge on any atom is 0.173 e. The third-order valence-corrected chi connectivity index (χ3v) is 5.01. The van der Waals surface area contributed by atoms with Gasteiger partial charge in [-0.05, 0) is 67.9 Å². The summed E-state index contributed by atoms with van der Waals surface area (Å²) in [6.07, 6.45) is 4.20. The zero-order valence-corrected chi connectivity index (χ0v) is 15.8. The second-order valence-corrected chi connectivity index (χ2v) is 7.02. The first-order chi connectivity index (χ1) is 12.1. The highest BCUT2D eigenvalue weighted by Crippen LogP contribution is 2.21. The number of aromatic nitrogens is 1. The number of anilines is 1. The second kappa shape index (κ2) is 8.61. The Kier molecular flexibility index (Phi) is 6.24. The predicted octanol–water partition coefficient (Wildman–Crippen LogP) is 4.42. The summed E-state index contributed by atoms with van der Waals surface area (Å²) < 4.78 is 5.79. The van der Waals surface area contributed by atoms with Crippen LogP contribution in [-0.4, -0.2) is 34.3 Å². The van der Waals surface area contributed by atoms with Gasteiger partial charge in [0, 0.05) is 30.1 Å². The van der Waals surface area contributed by atoms with E-state index in [0.717, 1.165) is 48.0 Å². The number of ether oxygens (including phenoxy) is 1. The molecular weight excluding hydrogens is 354 g/mol. The van der Waals surface area contributed by atoms with Gasteiger partial charge in [0.25, 0.3) is 0 Å². The SMILES string of the molecule is Cc1cc(NC(=S)N(Cc2ccccn2)C[C@@H]2CCCO2)ccc1Cl. The van der Waals surface area contributed by atoms with Gasteiger partial charge in [-0.2, -0.15) is 0 Å². The van der Waals surface area contributed by atoms with Crippen LogP contribution in [0.3, 0.4) is 0 Å². The Morgan fingerprint density at radius 2 is 2.28 bits per heavy atom. The largest absolute Gasteiger partial charge is 0.376 e. The second-order valence-electron chi connectivity index (χ2n) is 6.23. The first kappa shape index (κ1) is 18.1. The van der Waals surface area contributed by atoms with Gasteiger partial charge in [0.1, 0.15) is 0 Å². The maximum atomic E-state index is 6.10. The van der Waals surface area contributed by atoms with Crippen molar-refractivity contribution in [1.82, 2.24) is 9.88 Å². The molecule has 25 heavy (non-hydrogen) atoms. The van der Waals surface area contributed by atoms with Crippen LogP contribution in [-0.2, 0) is 11.3 Å². The molecule has 1 fully saturated rings. The topological polar surface area (TPSA) is 37.4 Å². The average Bonchev–Trinajstić information content (AvgIpc) is 3.12. The summed E-state index contributed by atoms with van der Waals surface area (Å²) >= 11 is 11.8. The Balaban J connectivity index is 1.72. The minimum Gasteiger partial charge on any atom is -0.376 e. The molecule has 1 N–H and O–H groups in total. The molecule has 1 aromatic heterocycles. The molecule has 0 amide bonds. The summed E-state index contributed by atoms with van der Waals surface area (Å²) in [5.74, 6) is 0. The Bertz CT molecular complexity index is 720. The number of halogens is 1. The van der Waals surface area contributed by atoms with Crippen LogP contribution in [0.2, 0.25) is 5.02 Å². The highest BCUT2D eigenvalue weighted by molar-refractivity contribution is 7.80. The molecule has 0 spiro atoms. The molecule has 132 valence electrons. The molecular formula is C19H22ClN3OS. The quantitative estimate of drug-likeness (QED) is 0.783. The highest BCUT2D eigenvalue weighted by atomic mass is 35.5. The van der Waals surface area contributed by atoms with Crippen LogP contribution in [0.15, 0.2) is 42.6 Å². The molecule has 3 rings (SSSR count). The number of nitrogens with one attached hydrogen (secondary N) is 1. The Hall–Kier alpha value is -1.69. The van der Waals surface area contributed by atoms with Gasteiger partial charge in [-0.3, -0.25) is 4.98 Å². The molecule has 0 aliphatic carbocycles. The first-order valence-electron chi connectivity index (χ1n) is 8.45. The van der Waals surface area contributed by atoms with Crippen molar-refractivity contribution in [1.29, 1.82) is 0 Å². The van der Waals surface area contributed by atoms with Crippen LogP contribution in [0.5, 0.6) is 0 Å². The lowest BCUT2D eigenvalue weighted by Gasteiger charge is -2.28. The fraction of sp³-hybridized carbons (Fsp3) is 0.368. The lowest BCUT2D eigenvalue weighted by atomic mass is 10.2. The summed E-state index contributed by atoms with van der Waals surface area (Å²) in [4.78, 5) is 6.54. The van der Waals surface area contributed by atoms with E-state index in [2.05, 4.69) is 15.2 Å². The predicted molar refractivity (Wildman–Crippen MR) is 106 cm³/mol. The van der Waals surface area contributed by atoms with E-state index in [1.807, 2.05) is 43.3 Å². The van der Waals surface area contributed by atoms with E-state index in [9.17, 15) is 0 Å². The first-order valence-corrected chi connectivity index (χ1v) is 9.24. The van der Waals surface area contributed by atoms with Crippen molar-refractivity contribution in [2.45, 2.75) is 32.4 Å². The van der Waals surface area contributed by atoms with Crippen LogP contribution in [0.4, 0.5) is 5.69 Å². The lowest BCUT2D eigenvalue weighted by molar-refractivity contribution is 0.0903. The van der Waals surface area contributed by atoms with Gasteiger partial charge in [-0.1, -0.05) is 17.7 Å². The summed E-state index contributed by atoms with van der Waals surface area (Å²) in [5.41, 5.74) is 2.94. The van der Waals surface area contributed by atoms with E-state index in [4.69, 9.17) is 28.6 Å². The van der Waals surface area contributed by atoms with Crippen molar-refractivity contribution in [3.8, 4) is 0 Å². The molecule has 0 saturated carbocycles. The molecule has 0 bridgehead atoms. The summed E-state index contributed by atoms with van der Waals surface area (Å²) in [6.45, 7) is 4.22. The fourth-order valence-corrected chi connectivity index (χ4v) is 3.24. The van der Waals surface area contributed by atoms with Gasteiger partial charge in [0.05, 0.1) is 18.3 Å². The van der Waals surface area contributed by atoms with Crippen molar-refractivity contribution < 1.29 is 4.74 Å². The van der Waals surface area contributed by atoms with Crippen molar-refractivity contribution in [2.24, 2.45) is 0 Å². The van der Waals surface area contributed by atoms with Crippen molar-refractivity contribution in [3.63, 3.8) is 0 Å². The molecule has 0 radical (unpaired) electrons. The summed E-state index contributed by atoms with van der Waals surface area (Å²) in [7, 11) is 0. The number of hydrogen-bond acceptors (Lipinski definition) is 3. The smallest absolute Gasteiger partial charge is 0.173 e. The van der Waals surface area contributed by atoms with Crippen LogP contribution in [0, 0.1) is 6.92 Å². The number of benzene rings is 1. The number of rotatable bonds is 5. The van der Waals surface area contributed by atoms with E-state index >= 15 is 0 Å². The van der Waals surface area contributed by atoms with E-state index in [0.29, 0.717) is 11.7 Å². The minimum atomic E-state index is 0.218. The van der Waals surface area contributed by atoms with Gasteiger partial charge >= 0.3 is 0 Å². The Morgan fingerprint density at radius 1 is 1.40 bits per heavy atom. The number of thiocarbonyl (C=S) groups is 1. The molecule has 1 aliphatic rings. The van der Waals surface area contributed by atoms with Gasteiger partial charge in [-0.25, -0.2) is 0 Å². The third kappa shape index (κ3) is 5.14. The highest BCUT2D eigenvalue weighted by Gasteiger charge is 2.21. The molecule has 6 heteroatoms. The van der Waals surface area contributed by atoms with E-state index in [1.54, 1.807) is 6.20 Å². The number of pyridine rings is 1. The van der Waals surface area contributed by atoms with Crippen LogP contribution in [0.25, 0.3) is 0 Å². The lowest BCUT2D eigenvalue weighted by Crippen LogP contribution is -2.39. The standard InChI is InChI=1S/C19H22ClN3OS/c1-14-11-15(7-8-18(14)20)22-19(25)23(13-17-6-4-10-24-17)12-16-5-2-3-9-21-16/h2-3,5,7-9,11,17H,4,6,10,12-13H2,1H3,(H,22,25)/t17-/m0/s1. The minimum absolute atomic E-state index is 0.218. The third-order valence-electron chi connectivity index (χ3n) is 4.22. The van der Waals surface area contributed by atoms with Gasteiger partial charge in [-0.15, -0.1) is 0 Å². The molecule has 1 aromatic carbocycles. The van der Waals surface area contributed by atoms with E-state index in [-0.39, 0.29) is 6.10 Å². The van der Waals surface area contributed by atoms with Crippen LogP contribution in [0.1, 0.15) is 24.1 Å². The monoisotopic (exact) mass is 375 g/mol. The zero-order chi connectivity index (χ0) is 17.6. The average molecular weight is 376 g/mol. The van der Waals surface area contributed by atoms with Crippen LogP contribution >= 0.6 is 23.8 Å². The molecule has 1 aliphatic heterocycles. The fourth-order valence-electron chi connectivity index (χ4n) is 2.87. The molecule has 4 nitrogen and oxygen atoms in total. The molecule has 1 atom stereocenters. The Morgan fingerprint density at radius 3 is 2.96 bits per heavy atom.